The molecule has 2 bridgehead atoms. The Bertz CT molecular complexity index is 1750. The van der Waals surface area contributed by atoms with Crippen molar-refractivity contribution in [2.75, 3.05) is 33.9 Å². The topological polar surface area (TPSA) is 181 Å². The van der Waals surface area contributed by atoms with Crippen LogP contribution in [0, 0.1) is 19.8 Å². The number of carbonyl (C=O) groups is 4. The number of aromatic nitrogens is 2. The van der Waals surface area contributed by atoms with Crippen LogP contribution < -0.4 is 35.7 Å². The lowest BCUT2D eigenvalue weighted by Gasteiger charge is -2.26. The summed E-state index contributed by atoms with van der Waals surface area (Å²) in [5.41, 5.74) is 1.08. The molecule has 262 valence electrons. The standard InChI is InChI=1S/C35H44N6O8/c1-20(2)32-35(46)37-18-25-26(47-5)10-9-11-27(25)49-29-16-23(12-13-28(29)48-6)33(44)36-14-7-8-15-41(19-30(42)40-32)31(43)17-24-21(3)38-22(4)39-34(24)45/h9-13,16,20,32H,7-8,14-15,17-19H2,1-6H3,(H,36,44)(H,37,46)(H,40,42)(H,38,39,45)/t32-/m1/s1. The van der Waals surface area contributed by atoms with E-state index in [1.165, 1.54) is 19.1 Å². The molecule has 4 rings (SSSR count). The lowest BCUT2D eigenvalue weighted by molar-refractivity contribution is -0.137. The summed E-state index contributed by atoms with van der Waals surface area (Å²) >= 11 is 0. The molecule has 1 aliphatic heterocycles. The van der Waals surface area contributed by atoms with Gasteiger partial charge in [0.1, 0.15) is 23.4 Å². The van der Waals surface area contributed by atoms with E-state index in [2.05, 4.69) is 25.9 Å². The molecule has 0 spiro atoms. The number of aryl methyl sites for hydroxylation is 2. The molecule has 3 aromatic rings. The number of benzene rings is 2. The molecule has 4 N–H and O–H groups in total. The highest BCUT2D eigenvalue weighted by atomic mass is 16.5. The molecule has 2 heterocycles. The van der Waals surface area contributed by atoms with E-state index in [-0.39, 0.29) is 49.2 Å². The highest BCUT2D eigenvalue weighted by molar-refractivity contribution is 5.95. The number of hydrogen-bond donors (Lipinski definition) is 4. The first-order valence-corrected chi connectivity index (χ1v) is 16.1. The highest BCUT2D eigenvalue weighted by Crippen LogP contribution is 2.37. The van der Waals surface area contributed by atoms with Crippen molar-refractivity contribution in [3.63, 3.8) is 0 Å². The molecule has 14 heteroatoms. The number of hydrogen-bond acceptors (Lipinski definition) is 9. The van der Waals surface area contributed by atoms with Crippen molar-refractivity contribution in [2.24, 2.45) is 5.92 Å². The molecule has 0 fully saturated rings. The van der Waals surface area contributed by atoms with Gasteiger partial charge < -0.3 is 40.0 Å². The van der Waals surface area contributed by atoms with Gasteiger partial charge in [-0.2, -0.15) is 0 Å². The maximum Gasteiger partial charge on any atom is 0.254 e. The van der Waals surface area contributed by atoms with E-state index < -0.39 is 29.3 Å². The Balaban J connectivity index is 1.66. The number of amides is 4. The number of H-pyrrole nitrogens is 1. The fourth-order valence-corrected chi connectivity index (χ4v) is 5.48. The molecule has 2 aromatic carbocycles. The highest BCUT2D eigenvalue weighted by Gasteiger charge is 2.27. The predicted octanol–water partition coefficient (Wildman–Crippen LogP) is 2.55. The molecule has 4 amide bonds. The van der Waals surface area contributed by atoms with Gasteiger partial charge in [0.15, 0.2) is 11.5 Å². The summed E-state index contributed by atoms with van der Waals surface area (Å²) < 4.78 is 17.3. The summed E-state index contributed by atoms with van der Waals surface area (Å²) in [4.78, 5) is 74.4. The molecule has 49 heavy (non-hydrogen) atoms. The van der Waals surface area contributed by atoms with Crippen molar-refractivity contribution >= 4 is 23.6 Å². The Morgan fingerprint density at radius 1 is 1.00 bits per heavy atom. The first-order valence-electron chi connectivity index (χ1n) is 16.1. The van der Waals surface area contributed by atoms with Gasteiger partial charge in [-0.1, -0.05) is 19.9 Å². The van der Waals surface area contributed by atoms with Crippen LogP contribution in [-0.4, -0.2) is 78.4 Å². The second-order valence-electron chi connectivity index (χ2n) is 12.1. The summed E-state index contributed by atoms with van der Waals surface area (Å²) in [6.07, 6.45) is 0.687. The minimum Gasteiger partial charge on any atom is -0.496 e. The number of rotatable bonds is 5. The summed E-state index contributed by atoms with van der Waals surface area (Å²) in [7, 11) is 2.99. The van der Waals surface area contributed by atoms with E-state index in [0.717, 1.165) is 0 Å². The van der Waals surface area contributed by atoms with Crippen LogP contribution in [0.2, 0.25) is 0 Å². The van der Waals surface area contributed by atoms with E-state index >= 15 is 0 Å². The second-order valence-corrected chi connectivity index (χ2v) is 12.1. The number of methoxy groups -OCH3 is 2. The Labute approximate surface area is 284 Å². The fourth-order valence-electron chi connectivity index (χ4n) is 5.48. The van der Waals surface area contributed by atoms with Crippen LogP contribution in [0.1, 0.15) is 59.7 Å². The van der Waals surface area contributed by atoms with Crippen molar-refractivity contribution in [1.82, 2.24) is 30.8 Å². The second kappa shape index (κ2) is 16.6. The normalized spacial score (nSPS) is 16.4. The van der Waals surface area contributed by atoms with Crippen LogP contribution in [0.3, 0.4) is 0 Å². The summed E-state index contributed by atoms with van der Waals surface area (Å²) in [5, 5.41) is 8.55. The van der Waals surface area contributed by atoms with Gasteiger partial charge in [0.05, 0.1) is 39.3 Å². The lowest BCUT2D eigenvalue weighted by Crippen LogP contribution is -2.52. The van der Waals surface area contributed by atoms with Gasteiger partial charge in [-0.3, -0.25) is 24.0 Å². The summed E-state index contributed by atoms with van der Waals surface area (Å²) in [5.74, 6) is -0.148. The third kappa shape index (κ3) is 9.36. The quantitative estimate of drug-likeness (QED) is 0.316. The molecule has 1 aromatic heterocycles. The maximum atomic E-state index is 13.5. The van der Waals surface area contributed by atoms with E-state index in [0.29, 0.717) is 59.3 Å². The summed E-state index contributed by atoms with van der Waals surface area (Å²) in [6.45, 7) is 7.04. The van der Waals surface area contributed by atoms with Crippen molar-refractivity contribution in [1.29, 1.82) is 0 Å². The SMILES string of the molecule is COc1ccc2cc1Oc1cccc(OC)c1CNC(=O)[C@@H](C(C)C)NC(=O)CN(C(=O)Cc1c(C)nc(C)[nH]c1=O)CCCCNC2=O. The van der Waals surface area contributed by atoms with Gasteiger partial charge in [-0.25, -0.2) is 4.98 Å². The molecule has 14 nitrogen and oxygen atoms in total. The van der Waals surface area contributed by atoms with Gasteiger partial charge in [0, 0.05) is 29.9 Å². The first kappa shape index (κ1) is 36.4. The summed E-state index contributed by atoms with van der Waals surface area (Å²) in [6, 6.07) is 9.07. The largest absolute Gasteiger partial charge is 0.496 e. The molecule has 1 aliphatic rings. The Kier molecular flexibility index (Phi) is 12.4. The average Bonchev–Trinajstić information content (AvgIpc) is 3.06. The van der Waals surface area contributed by atoms with Crippen LogP contribution in [0.15, 0.2) is 41.2 Å². The van der Waals surface area contributed by atoms with Crippen LogP contribution in [0.5, 0.6) is 23.0 Å². The van der Waals surface area contributed by atoms with Crippen LogP contribution in [0.4, 0.5) is 0 Å². The minimum atomic E-state index is -0.924. The van der Waals surface area contributed by atoms with Gasteiger partial charge in [-0.05, 0) is 62.9 Å². The zero-order valence-electron chi connectivity index (χ0n) is 28.7. The number of ether oxygens (including phenoxy) is 3. The van der Waals surface area contributed by atoms with Gasteiger partial charge >= 0.3 is 0 Å². The van der Waals surface area contributed by atoms with E-state index in [4.69, 9.17) is 14.2 Å². The molecule has 1 atom stereocenters. The van der Waals surface area contributed by atoms with Crippen molar-refractivity contribution in [3.8, 4) is 23.0 Å². The van der Waals surface area contributed by atoms with Crippen molar-refractivity contribution in [3.05, 3.63) is 75.0 Å². The zero-order chi connectivity index (χ0) is 35.7. The van der Waals surface area contributed by atoms with Crippen LogP contribution in [0.25, 0.3) is 0 Å². The Morgan fingerprint density at radius 3 is 2.45 bits per heavy atom. The molecule has 0 radical (unpaired) electrons. The van der Waals surface area contributed by atoms with Gasteiger partial charge in [-0.15, -0.1) is 0 Å². The number of fused-ring (bicyclic) bond motifs is 3. The predicted molar refractivity (Wildman–Crippen MR) is 181 cm³/mol. The number of nitrogens with zero attached hydrogens (tertiary/aromatic N) is 2. The van der Waals surface area contributed by atoms with Crippen LogP contribution >= 0.6 is 0 Å². The molecular formula is C35H44N6O8. The molecular weight excluding hydrogens is 632 g/mol. The molecule has 0 saturated carbocycles. The third-order valence-corrected chi connectivity index (χ3v) is 8.16. The van der Waals surface area contributed by atoms with Gasteiger partial charge in [0.2, 0.25) is 17.7 Å². The monoisotopic (exact) mass is 676 g/mol. The average molecular weight is 677 g/mol. The van der Waals surface area contributed by atoms with Gasteiger partial charge in [0.25, 0.3) is 11.5 Å². The Morgan fingerprint density at radius 2 is 1.76 bits per heavy atom. The minimum absolute atomic E-state index is 0.0111. The molecule has 0 unspecified atom stereocenters. The lowest BCUT2D eigenvalue weighted by atomic mass is 10.0. The smallest absolute Gasteiger partial charge is 0.254 e. The van der Waals surface area contributed by atoms with E-state index in [1.807, 2.05) is 0 Å². The van der Waals surface area contributed by atoms with E-state index in [1.54, 1.807) is 64.1 Å². The Hall–Kier alpha value is -5.40. The number of nitrogens with one attached hydrogen (secondary N) is 4. The van der Waals surface area contributed by atoms with Crippen LogP contribution in [-0.2, 0) is 27.3 Å². The van der Waals surface area contributed by atoms with Crippen molar-refractivity contribution < 1.29 is 33.4 Å². The van der Waals surface area contributed by atoms with E-state index in [9.17, 15) is 24.0 Å². The maximum absolute atomic E-state index is 13.5. The third-order valence-electron chi connectivity index (χ3n) is 8.16. The molecule has 0 saturated heterocycles. The number of carbonyl (C=O) groups excluding carboxylic acids is 4. The number of aromatic amines is 1. The zero-order valence-corrected chi connectivity index (χ0v) is 28.7. The fraction of sp³-hybridized carbons (Fsp3) is 0.429. The first-order chi connectivity index (χ1) is 23.4. The molecule has 0 aliphatic carbocycles. The van der Waals surface area contributed by atoms with Crippen molar-refractivity contribution in [2.45, 2.75) is 59.5 Å².